The van der Waals surface area contributed by atoms with Crippen LogP contribution < -0.4 is 4.57 Å². The van der Waals surface area contributed by atoms with Gasteiger partial charge in [-0.15, -0.1) is 4.57 Å². The number of carbonyl (C=O) groups is 1. The summed E-state index contributed by atoms with van der Waals surface area (Å²) in [5.74, 6) is 0.103. The van der Waals surface area contributed by atoms with Crippen LogP contribution in [-0.2, 0) is 4.74 Å². The molecule has 2 heterocycles. The largest absolute Gasteiger partial charge is 0.406 e. The molecule has 17 heavy (non-hydrogen) atoms. The SMILES string of the molecule is CC1COCC(C)N1CC(=O)[n+]1ccccc1. The number of carbonyl (C=O) groups excluding carboxylic acids is 1. The fourth-order valence-electron chi connectivity index (χ4n) is 2.15. The normalized spacial score (nSPS) is 25.8. The number of pyridine rings is 1. The van der Waals surface area contributed by atoms with Crippen LogP contribution in [0.25, 0.3) is 0 Å². The lowest BCUT2D eigenvalue weighted by molar-refractivity contribution is -0.574. The van der Waals surface area contributed by atoms with Crippen LogP contribution in [0.3, 0.4) is 0 Å². The number of nitrogens with zero attached hydrogens (tertiary/aromatic N) is 2. The number of morpholine rings is 1. The van der Waals surface area contributed by atoms with Crippen LogP contribution in [-0.4, -0.2) is 42.6 Å². The first-order chi connectivity index (χ1) is 8.18. The second-order valence-corrected chi connectivity index (χ2v) is 4.58. The Morgan fingerprint density at radius 2 is 1.82 bits per heavy atom. The molecule has 1 aliphatic rings. The zero-order valence-electron chi connectivity index (χ0n) is 10.4. The van der Waals surface area contributed by atoms with Gasteiger partial charge in [-0.3, -0.25) is 4.90 Å². The van der Waals surface area contributed by atoms with Crippen molar-refractivity contribution >= 4 is 5.91 Å². The predicted octanol–water partition coefficient (Wildman–Crippen LogP) is 0.724. The molecule has 0 aromatic carbocycles. The minimum Gasteiger partial charge on any atom is -0.378 e. The number of ether oxygens (including phenoxy) is 1. The van der Waals surface area contributed by atoms with Crippen LogP contribution in [0.4, 0.5) is 0 Å². The predicted molar refractivity (Wildman–Crippen MR) is 63.7 cm³/mol. The molecular weight excluding hydrogens is 216 g/mol. The monoisotopic (exact) mass is 235 g/mol. The average molecular weight is 235 g/mol. The summed E-state index contributed by atoms with van der Waals surface area (Å²) in [6, 6.07) is 6.23. The van der Waals surface area contributed by atoms with Crippen molar-refractivity contribution in [1.29, 1.82) is 0 Å². The highest BCUT2D eigenvalue weighted by Gasteiger charge is 2.29. The van der Waals surface area contributed by atoms with Crippen LogP contribution in [0.5, 0.6) is 0 Å². The molecule has 0 amide bonds. The molecule has 1 aromatic rings. The van der Waals surface area contributed by atoms with Crippen molar-refractivity contribution in [3.8, 4) is 0 Å². The van der Waals surface area contributed by atoms with Crippen LogP contribution >= 0.6 is 0 Å². The molecule has 92 valence electrons. The molecular formula is C13H19N2O2+. The summed E-state index contributed by atoms with van der Waals surface area (Å²) in [4.78, 5) is 14.3. The zero-order chi connectivity index (χ0) is 12.3. The van der Waals surface area contributed by atoms with Gasteiger partial charge in [-0.25, -0.2) is 4.79 Å². The Morgan fingerprint density at radius 1 is 1.24 bits per heavy atom. The van der Waals surface area contributed by atoms with Crippen LogP contribution in [0, 0.1) is 0 Å². The van der Waals surface area contributed by atoms with Crippen molar-refractivity contribution in [2.24, 2.45) is 0 Å². The van der Waals surface area contributed by atoms with Gasteiger partial charge in [-0.2, -0.15) is 0 Å². The van der Waals surface area contributed by atoms with E-state index >= 15 is 0 Å². The van der Waals surface area contributed by atoms with Crippen LogP contribution in [0.15, 0.2) is 30.6 Å². The lowest BCUT2D eigenvalue weighted by Gasteiger charge is -2.37. The first kappa shape index (κ1) is 12.2. The number of aromatic nitrogens is 1. The molecule has 0 saturated carbocycles. The van der Waals surface area contributed by atoms with Gasteiger partial charge in [0.1, 0.15) is 6.54 Å². The van der Waals surface area contributed by atoms with E-state index in [1.165, 1.54) is 0 Å². The Labute approximate surface area is 102 Å². The van der Waals surface area contributed by atoms with Gasteiger partial charge in [0, 0.05) is 24.2 Å². The molecule has 0 radical (unpaired) electrons. The van der Waals surface area contributed by atoms with Crippen LogP contribution in [0.2, 0.25) is 0 Å². The van der Waals surface area contributed by atoms with E-state index in [-0.39, 0.29) is 5.91 Å². The van der Waals surface area contributed by atoms with Crippen LogP contribution in [0.1, 0.15) is 18.6 Å². The summed E-state index contributed by atoms with van der Waals surface area (Å²) in [6.45, 7) is 6.05. The van der Waals surface area contributed by atoms with Gasteiger partial charge < -0.3 is 4.74 Å². The topological polar surface area (TPSA) is 33.4 Å². The molecule has 1 fully saturated rings. The molecule has 1 saturated heterocycles. The summed E-state index contributed by atoms with van der Waals surface area (Å²) in [5, 5.41) is 0. The summed E-state index contributed by atoms with van der Waals surface area (Å²) in [6.07, 6.45) is 3.58. The van der Waals surface area contributed by atoms with Gasteiger partial charge in [0.2, 0.25) is 0 Å². The fourth-order valence-corrected chi connectivity index (χ4v) is 2.15. The van der Waals surface area contributed by atoms with Crippen molar-refractivity contribution in [2.75, 3.05) is 19.8 Å². The Bertz CT molecular complexity index is 370. The molecule has 2 rings (SSSR count). The van der Waals surface area contributed by atoms with Gasteiger partial charge in [0.05, 0.1) is 13.2 Å². The van der Waals surface area contributed by atoms with E-state index in [1.807, 2.05) is 18.2 Å². The molecule has 2 atom stereocenters. The van der Waals surface area contributed by atoms with Crippen molar-refractivity contribution in [1.82, 2.24) is 4.90 Å². The van der Waals surface area contributed by atoms with E-state index < -0.39 is 0 Å². The molecule has 4 nitrogen and oxygen atoms in total. The van der Waals surface area contributed by atoms with Crippen molar-refractivity contribution in [3.63, 3.8) is 0 Å². The summed E-state index contributed by atoms with van der Waals surface area (Å²) < 4.78 is 7.09. The van der Waals surface area contributed by atoms with Gasteiger partial charge >= 0.3 is 5.91 Å². The smallest absolute Gasteiger partial charge is 0.378 e. The third-order valence-electron chi connectivity index (χ3n) is 3.17. The highest BCUT2D eigenvalue weighted by molar-refractivity contribution is 5.69. The molecule has 2 unspecified atom stereocenters. The molecule has 0 aliphatic carbocycles. The maximum Gasteiger partial charge on any atom is 0.406 e. The van der Waals surface area contributed by atoms with E-state index in [0.29, 0.717) is 31.8 Å². The first-order valence-corrected chi connectivity index (χ1v) is 6.01. The lowest BCUT2D eigenvalue weighted by Crippen LogP contribution is -2.56. The molecule has 0 bridgehead atoms. The maximum absolute atomic E-state index is 12.1. The van der Waals surface area contributed by atoms with E-state index in [9.17, 15) is 4.79 Å². The Morgan fingerprint density at radius 3 is 2.41 bits per heavy atom. The highest BCUT2D eigenvalue weighted by atomic mass is 16.5. The van der Waals surface area contributed by atoms with Gasteiger partial charge in [0.15, 0.2) is 12.4 Å². The van der Waals surface area contributed by atoms with Gasteiger partial charge in [-0.1, -0.05) is 6.07 Å². The molecule has 1 aromatic heterocycles. The average Bonchev–Trinajstić information content (AvgIpc) is 2.35. The maximum atomic E-state index is 12.1. The second kappa shape index (κ2) is 5.38. The molecule has 0 N–H and O–H groups in total. The Hall–Kier alpha value is -1.26. The summed E-state index contributed by atoms with van der Waals surface area (Å²) in [5.41, 5.74) is 0. The Balaban J connectivity index is 2.03. The molecule has 0 spiro atoms. The van der Waals surface area contributed by atoms with E-state index in [2.05, 4.69) is 18.7 Å². The zero-order valence-corrected chi connectivity index (χ0v) is 10.4. The van der Waals surface area contributed by atoms with Crippen molar-refractivity contribution < 1.29 is 14.1 Å². The summed E-state index contributed by atoms with van der Waals surface area (Å²) >= 11 is 0. The Kier molecular flexibility index (Phi) is 3.86. The van der Waals surface area contributed by atoms with Crippen molar-refractivity contribution in [2.45, 2.75) is 25.9 Å². The molecule has 4 heteroatoms. The number of hydrogen-bond acceptors (Lipinski definition) is 3. The standard InChI is InChI=1S/C13H19N2O2/c1-11-9-17-10-12(2)15(11)8-13(16)14-6-4-3-5-7-14/h3-7,11-12H,8-10H2,1-2H3/q+1. The number of hydrogen-bond donors (Lipinski definition) is 0. The van der Waals surface area contributed by atoms with Gasteiger partial charge in [-0.05, 0) is 13.8 Å². The third-order valence-corrected chi connectivity index (χ3v) is 3.17. The minimum absolute atomic E-state index is 0.103. The number of rotatable bonds is 2. The van der Waals surface area contributed by atoms with Crippen molar-refractivity contribution in [3.05, 3.63) is 30.6 Å². The lowest BCUT2D eigenvalue weighted by atomic mass is 10.1. The highest BCUT2D eigenvalue weighted by Crippen LogP contribution is 2.11. The van der Waals surface area contributed by atoms with E-state index in [1.54, 1.807) is 17.0 Å². The third kappa shape index (κ3) is 2.90. The minimum atomic E-state index is 0.103. The first-order valence-electron chi connectivity index (χ1n) is 6.01. The second-order valence-electron chi connectivity index (χ2n) is 4.58. The molecule has 1 aliphatic heterocycles. The van der Waals surface area contributed by atoms with Gasteiger partial charge in [0.25, 0.3) is 0 Å². The van der Waals surface area contributed by atoms with E-state index in [4.69, 9.17) is 4.74 Å². The summed E-state index contributed by atoms with van der Waals surface area (Å²) in [7, 11) is 0. The quantitative estimate of drug-likeness (QED) is 0.708. The fraction of sp³-hybridized carbons (Fsp3) is 0.538. The van der Waals surface area contributed by atoms with E-state index in [0.717, 1.165) is 0 Å².